The molecule has 0 saturated heterocycles. The molecule has 5 heteroatoms. The van der Waals surface area contributed by atoms with Crippen LogP contribution in [0.1, 0.15) is 29.6 Å². The van der Waals surface area contributed by atoms with Gasteiger partial charge in [0.2, 0.25) is 0 Å². The Bertz CT molecular complexity index is 485. The highest BCUT2D eigenvalue weighted by Crippen LogP contribution is 2.49. The summed E-state index contributed by atoms with van der Waals surface area (Å²) in [6, 6.07) is 1.75. The Kier molecular flexibility index (Phi) is 3.31. The molecule has 19 heavy (non-hydrogen) atoms. The second-order valence-electron chi connectivity index (χ2n) is 5.39. The lowest BCUT2D eigenvalue weighted by molar-refractivity contribution is -0.148. The fraction of sp³-hybridized carbons (Fsp3) is 0.571. The van der Waals surface area contributed by atoms with Gasteiger partial charge in [0.25, 0.3) is 5.91 Å². The third-order valence-electron chi connectivity index (χ3n) is 4.47. The van der Waals surface area contributed by atoms with Crippen LogP contribution in [0.2, 0.25) is 0 Å². The van der Waals surface area contributed by atoms with Crippen molar-refractivity contribution in [2.45, 2.75) is 25.3 Å². The zero-order valence-corrected chi connectivity index (χ0v) is 11.6. The summed E-state index contributed by atoms with van der Waals surface area (Å²) in [6.45, 7) is 0. The fourth-order valence-corrected chi connectivity index (χ4v) is 4.24. The van der Waals surface area contributed by atoms with E-state index in [9.17, 15) is 9.59 Å². The third-order valence-corrected chi connectivity index (χ3v) is 5.15. The van der Waals surface area contributed by atoms with Gasteiger partial charge in [0.1, 0.15) is 0 Å². The molecule has 0 radical (unpaired) electrons. The monoisotopic (exact) mass is 279 g/mol. The van der Waals surface area contributed by atoms with Crippen LogP contribution in [-0.4, -0.2) is 25.0 Å². The highest BCUT2D eigenvalue weighted by molar-refractivity contribution is 7.08. The summed E-state index contributed by atoms with van der Waals surface area (Å²) >= 11 is 1.50. The molecule has 1 amide bonds. The van der Waals surface area contributed by atoms with Crippen LogP contribution in [0, 0.1) is 17.8 Å². The average Bonchev–Trinajstić information content (AvgIpc) is 3.13. The Labute approximate surface area is 116 Å². The van der Waals surface area contributed by atoms with E-state index in [4.69, 9.17) is 4.74 Å². The van der Waals surface area contributed by atoms with Gasteiger partial charge in [-0.25, -0.2) is 0 Å². The van der Waals surface area contributed by atoms with Crippen LogP contribution in [-0.2, 0) is 9.53 Å². The SMILES string of the molecule is COC(=O)[C@H]1[C@H]2CC[C@@H](C2)[C@H]1NC(=O)c1ccsc1. The summed E-state index contributed by atoms with van der Waals surface area (Å²) in [6.07, 6.45) is 3.22. The first-order valence-electron chi connectivity index (χ1n) is 6.61. The van der Waals surface area contributed by atoms with Crippen molar-refractivity contribution >= 4 is 23.2 Å². The Hall–Kier alpha value is -1.36. The number of thiophene rings is 1. The van der Waals surface area contributed by atoms with Crippen LogP contribution >= 0.6 is 11.3 Å². The van der Waals surface area contributed by atoms with E-state index in [1.807, 2.05) is 10.8 Å². The van der Waals surface area contributed by atoms with Gasteiger partial charge in [-0.2, -0.15) is 11.3 Å². The van der Waals surface area contributed by atoms with Crippen LogP contribution in [0.5, 0.6) is 0 Å². The number of fused-ring (bicyclic) bond motifs is 2. The van der Waals surface area contributed by atoms with Crippen molar-refractivity contribution in [2.75, 3.05) is 7.11 Å². The van der Waals surface area contributed by atoms with E-state index < -0.39 is 0 Å². The summed E-state index contributed by atoms with van der Waals surface area (Å²) in [5.41, 5.74) is 0.677. The number of hydrogen-bond donors (Lipinski definition) is 1. The molecular weight excluding hydrogens is 262 g/mol. The van der Waals surface area contributed by atoms with Crippen molar-refractivity contribution in [1.82, 2.24) is 5.32 Å². The lowest BCUT2D eigenvalue weighted by Crippen LogP contribution is -2.47. The second-order valence-corrected chi connectivity index (χ2v) is 6.17. The Balaban J connectivity index is 1.75. The number of nitrogens with one attached hydrogen (secondary N) is 1. The maximum atomic E-state index is 12.1. The highest BCUT2D eigenvalue weighted by atomic mass is 32.1. The van der Waals surface area contributed by atoms with E-state index >= 15 is 0 Å². The topological polar surface area (TPSA) is 55.4 Å². The van der Waals surface area contributed by atoms with E-state index in [2.05, 4.69) is 5.32 Å². The standard InChI is InChI=1S/C14H17NO3S/c1-18-14(17)11-8-2-3-9(6-8)12(11)15-13(16)10-4-5-19-7-10/h4-5,7-9,11-12H,2-3,6H2,1H3,(H,15,16)/t8-,9-,11-,12+/m0/s1. The van der Waals surface area contributed by atoms with E-state index in [0.717, 1.165) is 19.3 Å². The molecule has 102 valence electrons. The van der Waals surface area contributed by atoms with E-state index in [-0.39, 0.29) is 23.8 Å². The van der Waals surface area contributed by atoms with Crippen molar-refractivity contribution < 1.29 is 14.3 Å². The van der Waals surface area contributed by atoms with E-state index in [1.54, 1.807) is 6.07 Å². The fourth-order valence-electron chi connectivity index (χ4n) is 3.60. The number of esters is 1. The molecule has 0 aromatic carbocycles. The molecule has 0 aliphatic heterocycles. The van der Waals surface area contributed by atoms with Gasteiger partial charge < -0.3 is 10.1 Å². The summed E-state index contributed by atoms with van der Waals surface area (Å²) in [5, 5.41) is 6.76. The van der Waals surface area contributed by atoms with Gasteiger partial charge in [0.05, 0.1) is 13.0 Å². The van der Waals surface area contributed by atoms with Gasteiger partial charge in [-0.1, -0.05) is 0 Å². The summed E-state index contributed by atoms with van der Waals surface area (Å²) in [5.74, 6) is 0.392. The number of ether oxygens (including phenoxy) is 1. The summed E-state index contributed by atoms with van der Waals surface area (Å²) in [4.78, 5) is 24.0. The zero-order chi connectivity index (χ0) is 13.4. The molecule has 1 heterocycles. The molecule has 2 bridgehead atoms. The number of amides is 1. The van der Waals surface area contributed by atoms with Crippen LogP contribution in [0.3, 0.4) is 0 Å². The van der Waals surface area contributed by atoms with Gasteiger partial charge >= 0.3 is 5.97 Å². The van der Waals surface area contributed by atoms with Crippen molar-refractivity contribution in [2.24, 2.45) is 17.8 Å². The zero-order valence-electron chi connectivity index (χ0n) is 10.8. The van der Waals surface area contributed by atoms with Crippen LogP contribution in [0.25, 0.3) is 0 Å². The minimum Gasteiger partial charge on any atom is -0.469 e. The van der Waals surface area contributed by atoms with E-state index in [1.165, 1.54) is 18.4 Å². The van der Waals surface area contributed by atoms with Gasteiger partial charge in [-0.3, -0.25) is 9.59 Å². The Morgan fingerprint density at radius 3 is 2.84 bits per heavy atom. The normalized spacial score (nSPS) is 32.3. The molecule has 1 N–H and O–H groups in total. The first-order valence-corrected chi connectivity index (χ1v) is 7.56. The first-order chi connectivity index (χ1) is 9.20. The number of carbonyl (C=O) groups excluding carboxylic acids is 2. The first kappa shape index (κ1) is 12.7. The van der Waals surface area contributed by atoms with Crippen LogP contribution < -0.4 is 5.32 Å². The summed E-state index contributed by atoms with van der Waals surface area (Å²) in [7, 11) is 1.42. The summed E-state index contributed by atoms with van der Waals surface area (Å²) < 4.78 is 4.90. The molecule has 2 aliphatic carbocycles. The Morgan fingerprint density at radius 2 is 2.16 bits per heavy atom. The minimum absolute atomic E-state index is 0.0569. The third kappa shape index (κ3) is 2.16. The number of hydrogen-bond acceptors (Lipinski definition) is 4. The molecule has 2 fully saturated rings. The second kappa shape index (κ2) is 4.96. The van der Waals surface area contributed by atoms with Gasteiger partial charge in [0, 0.05) is 17.0 Å². The molecule has 4 atom stereocenters. The maximum absolute atomic E-state index is 12.1. The smallest absolute Gasteiger partial charge is 0.311 e. The van der Waals surface area contributed by atoms with Crippen LogP contribution in [0.15, 0.2) is 16.8 Å². The highest BCUT2D eigenvalue weighted by Gasteiger charge is 2.52. The van der Waals surface area contributed by atoms with Gasteiger partial charge in [-0.05, 0) is 42.5 Å². The number of carbonyl (C=O) groups is 2. The van der Waals surface area contributed by atoms with Crippen LogP contribution in [0.4, 0.5) is 0 Å². The molecule has 2 aliphatic rings. The molecule has 0 spiro atoms. The molecule has 3 rings (SSSR count). The Morgan fingerprint density at radius 1 is 1.37 bits per heavy atom. The van der Waals surface area contributed by atoms with Gasteiger partial charge in [-0.15, -0.1) is 0 Å². The quantitative estimate of drug-likeness (QED) is 0.862. The molecule has 2 saturated carbocycles. The molecule has 4 nitrogen and oxygen atoms in total. The van der Waals surface area contributed by atoms with Crippen molar-refractivity contribution in [3.05, 3.63) is 22.4 Å². The predicted molar refractivity (Wildman–Crippen MR) is 71.9 cm³/mol. The number of rotatable bonds is 3. The van der Waals surface area contributed by atoms with Crippen molar-refractivity contribution in [1.29, 1.82) is 0 Å². The van der Waals surface area contributed by atoms with Crippen molar-refractivity contribution in [3.63, 3.8) is 0 Å². The molecule has 0 unspecified atom stereocenters. The molecule has 1 aromatic rings. The lowest BCUT2D eigenvalue weighted by Gasteiger charge is -2.29. The van der Waals surface area contributed by atoms with E-state index in [0.29, 0.717) is 17.4 Å². The maximum Gasteiger partial charge on any atom is 0.311 e. The van der Waals surface area contributed by atoms with Gasteiger partial charge in [0.15, 0.2) is 0 Å². The number of methoxy groups -OCH3 is 1. The predicted octanol–water partition coefficient (Wildman–Crippen LogP) is 2.07. The molecular formula is C14H17NO3S. The average molecular weight is 279 g/mol. The minimum atomic E-state index is -0.178. The largest absolute Gasteiger partial charge is 0.469 e. The molecule has 1 aromatic heterocycles. The lowest BCUT2D eigenvalue weighted by atomic mass is 9.84. The van der Waals surface area contributed by atoms with Crippen molar-refractivity contribution in [3.8, 4) is 0 Å².